The van der Waals surface area contributed by atoms with E-state index >= 15 is 0 Å². The fourth-order valence-corrected chi connectivity index (χ4v) is 2.82. The Morgan fingerprint density at radius 1 is 1.05 bits per heavy atom. The van der Waals surface area contributed by atoms with Crippen LogP contribution in [-0.4, -0.2) is 17.0 Å². The lowest BCUT2D eigenvalue weighted by Gasteiger charge is -2.18. The molecule has 2 aromatic rings. The van der Waals surface area contributed by atoms with Gasteiger partial charge in [-0.1, -0.05) is 37.3 Å². The molecule has 1 unspecified atom stereocenters. The summed E-state index contributed by atoms with van der Waals surface area (Å²) in [5.74, 6) is 1.79. The van der Waals surface area contributed by atoms with Gasteiger partial charge in [-0.15, -0.1) is 11.8 Å². The Balaban J connectivity index is 2.24. The first-order chi connectivity index (χ1) is 10.1. The van der Waals surface area contributed by atoms with Crippen molar-refractivity contribution in [3.63, 3.8) is 0 Å². The highest BCUT2D eigenvalue weighted by atomic mass is 32.2. The second-order valence-electron chi connectivity index (χ2n) is 5.11. The lowest BCUT2D eigenvalue weighted by atomic mass is 10.0. The van der Waals surface area contributed by atoms with Gasteiger partial charge in [-0.2, -0.15) is 0 Å². The van der Waals surface area contributed by atoms with Crippen molar-refractivity contribution in [2.24, 2.45) is 0 Å². The van der Waals surface area contributed by atoms with E-state index in [1.807, 2.05) is 50.2 Å². The molecule has 0 aromatic heterocycles. The van der Waals surface area contributed by atoms with Crippen molar-refractivity contribution >= 4 is 11.8 Å². The van der Waals surface area contributed by atoms with E-state index in [1.54, 1.807) is 11.8 Å². The Labute approximate surface area is 131 Å². The molecule has 2 aromatic carbocycles. The molecule has 0 saturated heterocycles. The Kier molecular flexibility index (Phi) is 5.71. The van der Waals surface area contributed by atoms with Gasteiger partial charge in [-0.25, -0.2) is 0 Å². The van der Waals surface area contributed by atoms with Crippen LogP contribution in [0.5, 0.6) is 5.75 Å². The van der Waals surface area contributed by atoms with E-state index in [9.17, 15) is 5.11 Å². The van der Waals surface area contributed by atoms with Crippen LogP contribution in [0.2, 0.25) is 0 Å². The Morgan fingerprint density at radius 2 is 1.71 bits per heavy atom. The first kappa shape index (κ1) is 15.9. The first-order valence-corrected chi connectivity index (χ1v) is 8.26. The summed E-state index contributed by atoms with van der Waals surface area (Å²) in [6.45, 7) is 6.10. The molecule has 0 fully saturated rings. The highest BCUT2D eigenvalue weighted by Gasteiger charge is 2.16. The Morgan fingerprint density at radius 3 is 2.33 bits per heavy atom. The van der Waals surface area contributed by atoms with E-state index in [2.05, 4.69) is 19.1 Å². The van der Waals surface area contributed by atoms with Crippen LogP contribution in [0.1, 0.15) is 38.0 Å². The second kappa shape index (κ2) is 7.53. The third kappa shape index (κ3) is 4.26. The number of hydrogen-bond acceptors (Lipinski definition) is 3. The summed E-state index contributed by atoms with van der Waals surface area (Å²) in [5.41, 5.74) is 1.69. The molecule has 2 rings (SSSR count). The van der Waals surface area contributed by atoms with Gasteiger partial charge >= 0.3 is 0 Å². The third-order valence-corrected chi connectivity index (χ3v) is 3.98. The fourth-order valence-electron chi connectivity index (χ4n) is 2.16. The van der Waals surface area contributed by atoms with Crippen LogP contribution >= 0.6 is 11.8 Å². The van der Waals surface area contributed by atoms with Gasteiger partial charge in [-0.05, 0) is 43.4 Å². The van der Waals surface area contributed by atoms with Crippen LogP contribution in [0, 0.1) is 0 Å². The normalized spacial score (nSPS) is 12.4. The number of para-hydroxylation sites is 1. The van der Waals surface area contributed by atoms with Gasteiger partial charge in [0.05, 0.1) is 6.10 Å². The van der Waals surface area contributed by atoms with Gasteiger partial charge in [0.25, 0.3) is 0 Å². The molecule has 0 spiro atoms. The maximum absolute atomic E-state index is 10.6. The maximum Gasteiger partial charge on any atom is 0.125 e. The summed E-state index contributed by atoms with van der Waals surface area (Å²) in [6.07, 6.45) is -0.581. The van der Waals surface area contributed by atoms with E-state index in [4.69, 9.17) is 4.74 Å². The summed E-state index contributed by atoms with van der Waals surface area (Å²) in [6, 6.07) is 15.7. The molecule has 0 aliphatic carbocycles. The Hall–Kier alpha value is -1.45. The zero-order valence-electron chi connectivity index (χ0n) is 12.7. The average molecular weight is 302 g/mol. The lowest BCUT2D eigenvalue weighted by Crippen LogP contribution is -2.09. The van der Waals surface area contributed by atoms with Crippen LogP contribution in [0.25, 0.3) is 0 Å². The zero-order chi connectivity index (χ0) is 15.2. The molecule has 21 heavy (non-hydrogen) atoms. The van der Waals surface area contributed by atoms with Gasteiger partial charge < -0.3 is 9.84 Å². The first-order valence-electron chi connectivity index (χ1n) is 7.28. The Bertz CT molecular complexity index is 564. The zero-order valence-corrected chi connectivity index (χ0v) is 13.6. The van der Waals surface area contributed by atoms with Gasteiger partial charge in [0, 0.05) is 10.5 Å². The number of rotatable bonds is 6. The predicted molar refractivity (Wildman–Crippen MR) is 89.1 cm³/mol. The molecular formula is C18H22O2S. The summed E-state index contributed by atoms with van der Waals surface area (Å²) in [4.78, 5) is 1.22. The highest BCUT2D eigenvalue weighted by Crippen LogP contribution is 2.31. The number of aliphatic hydroxyl groups is 1. The van der Waals surface area contributed by atoms with Crippen molar-refractivity contribution in [2.75, 3.05) is 5.75 Å². The third-order valence-electron chi connectivity index (χ3n) is 3.08. The van der Waals surface area contributed by atoms with E-state index in [1.165, 1.54) is 4.90 Å². The van der Waals surface area contributed by atoms with Crippen molar-refractivity contribution in [3.8, 4) is 5.75 Å². The van der Waals surface area contributed by atoms with Gasteiger partial charge in [-0.3, -0.25) is 0 Å². The van der Waals surface area contributed by atoms with Crippen LogP contribution in [0.15, 0.2) is 53.4 Å². The highest BCUT2D eigenvalue weighted by molar-refractivity contribution is 7.99. The van der Waals surface area contributed by atoms with Crippen molar-refractivity contribution < 1.29 is 9.84 Å². The molecule has 112 valence electrons. The van der Waals surface area contributed by atoms with Crippen LogP contribution in [0.4, 0.5) is 0 Å². The molecule has 0 amide bonds. The van der Waals surface area contributed by atoms with E-state index in [-0.39, 0.29) is 6.10 Å². The predicted octanol–water partition coefficient (Wildman–Crippen LogP) is 4.67. The molecule has 0 heterocycles. The average Bonchev–Trinajstić information content (AvgIpc) is 2.48. The van der Waals surface area contributed by atoms with Crippen LogP contribution < -0.4 is 4.74 Å². The van der Waals surface area contributed by atoms with Gasteiger partial charge in [0.2, 0.25) is 0 Å². The lowest BCUT2D eigenvalue weighted by molar-refractivity contribution is 0.198. The number of hydrogen-bond donors (Lipinski definition) is 1. The number of benzene rings is 2. The largest absolute Gasteiger partial charge is 0.491 e. The molecule has 0 saturated carbocycles. The summed E-state index contributed by atoms with van der Waals surface area (Å²) in [5, 5.41) is 10.6. The summed E-state index contributed by atoms with van der Waals surface area (Å²) >= 11 is 1.80. The molecule has 0 aliphatic rings. The quantitative estimate of drug-likeness (QED) is 0.786. The smallest absolute Gasteiger partial charge is 0.125 e. The molecule has 1 atom stereocenters. The van der Waals surface area contributed by atoms with Crippen molar-refractivity contribution in [1.82, 2.24) is 0 Å². The monoisotopic (exact) mass is 302 g/mol. The summed E-state index contributed by atoms with van der Waals surface area (Å²) < 4.78 is 5.79. The topological polar surface area (TPSA) is 29.5 Å². The minimum atomic E-state index is -0.666. The fraction of sp³-hybridized carbons (Fsp3) is 0.333. The van der Waals surface area contributed by atoms with Gasteiger partial charge in [0.1, 0.15) is 11.9 Å². The second-order valence-corrected chi connectivity index (χ2v) is 6.45. The number of thioether (sulfide) groups is 1. The molecule has 0 aliphatic heterocycles. The number of ether oxygens (including phenoxy) is 1. The molecule has 1 N–H and O–H groups in total. The molecular weight excluding hydrogens is 280 g/mol. The molecule has 0 radical (unpaired) electrons. The molecule has 3 heteroatoms. The maximum atomic E-state index is 10.6. The van der Waals surface area contributed by atoms with Crippen LogP contribution in [-0.2, 0) is 0 Å². The molecule has 2 nitrogen and oxygen atoms in total. The van der Waals surface area contributed by atoms with Crippen molar-refractivity contribution in [1.29, 1.82) is 0 Å². The SMILES string of the molecule is CCSc1ccc(C(O)c2ccccc2OC(C)C)cc1. The summed E-state index contributed by atoms with van der Waals surface area (Å²) in [7, 11) is 0. The van der Waals surface area contributed by atoms with E-state index in [0.29, 0.717) is 0 Å². The van der Waals surface area contributed by atoms with Crippen LogP contribution in [0.3, 0.4) is 0 Å². The standard InChI is InChI=1S/C18H22O2S/c1-4-21-15-11-9-14(10-12-15)18(19)16-7-5-6-8-17(16)20-13(2)3/h5-13,18-19H,4H2,1-3H3. The minimum absolute atomic E-state index is 0.0849. The van der Waals surface area contributed by atoms with E-state index in [0.717, 1.165) is 22.6 Å². The van der Waals surface area contributed by atoms with Gasteiger partial charge in [0.15, 0.2) is 0 Å². The minimum Gasteiger partial charge on any atom is -0.491 e. The molecule has 0 bridgehead atoms. The van der Waals surface area contributed by atoms with Crippen molar-refractivity contribution in [3.05, 3.63) is 59.7 Å². The van der Waals surface area contributed by atoms with E-state index < -0.39 is 6.10 Å². The number of aliphatic hydroxyl groups excluding tert-OH is 1. The van der Waals surface area contributed by atoms with Crippen molar-refractivity contribution in [2.45, 2.75) is 37.9 Å².